The Kier molecular flexibility index (Phi) is 10.3. The summed E-state index contributed by atoms with van der Waals surface area (Å²) in [5.74, 6) is 1.85. The van der Waals surface area contributed by atoms with Gasteiger partial charge < -0.3 is 14.8 Å². The number of ether oxygens (including phenoxy) is 2. The van der Waals surface area contributed by atoms with Crippen molar-refractivity contribution in [3.63, 3.8) is 0 Å². The number of carbonyl (C=O) groups is 1. The number of hydrogen-bond acceptors (Lipinski definition) is 6. The van der Waals surface area contributed by atoms with Crippen LogP contribution in [0.5, 0.6) is 17.2 Å². The van der Waals surface area contributed by atoms with Crippen LogP contribution in [0.25, 0.3) is 11.1 Å². The summed E-state index contributed by atoms with van der Waals surface area (Å²) in [7, 11) is 1.64. The molecule has 3 rings (SSSR count). The molecule has 7 nitrogen and oxygen atoms in total. The number of aryl methyl sites for hydroxylation is 1. The number of nitrogens with zero attached hydrogens (tertiary/aromatic N) is 1. The van der Waals surface area contributed by atoms with Gasteiger partial charge in [-0.3, -0.25) is 9.93 Å². The molecule has 0 aromatic heterocycles. The van der Waals surface area contributed by atoms with Crippen molar-refractivity contribution in [2.45, 2.75) is 47.1 Å². The van der Waals surface area contributed by atoms with E-state index in [0.29, 0.717) is 17.2 Å². The molecule has 3 N–H and O–H groups in total. The summed E-state index contributed by atoms with van der Waals surface area (Å²) < 4.78 is 14.8. The molecule has 0 aliphatic carbocycles. The maximum absolute atomic E-state index is 12.0. The fraction of sp³-hybridized carbons (Fsp3) is 0.296. The van der Waals surface area contributed by atoms with Crippen molar-refractivity contribution in [2.24, 2.45) is 0 Å². The molecule has 2 amide bonds. The number of amides is 2. The summed E-state index contributed by atoms with van der Waals surface area (Å²) >= 11 is 0.750. The van der Waals surface area contributed by atoms with Crippen molar-refractivity contribution < 1.29 is 19.5 Å². The largest absolute Gasteiger partial charge is 0.497 e. The number of hydrogen-bond donors (Lipinski definition) is 3. The van der Waals surface area contributed by atoms with Gasteiger partial charge in [0.2, 0.25) is 0 Å². The standard InChI is InChI=1S/C25H29N3O4S.C2H6/c1-17-9-14-23(22(15-17)28(30)33-27-24(29)26-25(2,3)4)32-21-8-6-7-19(16-21)18-10-12-20(31-5)13-11-18;1-2/h6-16,30H,1-5H3,(H2,26,27,29);1-2H3. The zero-order chi connectivity index (χ0) is 26.0. The van der Waals surface area contributed by atoms with Crippen LogP contribution in [0.4, 0.5) is 10.5 Å². The molecule has 0 aliphatic heterocycles. The number of carbonyl (C=O) groups excluding carboxylic acids is 1. The van der Waals surface area contributed by atoms with E-state index in [9.17, 15) is 10.0 Å². The van der Waals surface area contributed by atoms with Gasteiger partial charge in [0.1, 0.15) is 17.2 Å². The molecule has 0 aliphatic rings. The molecule has 0 heterocycles. The van der Waals surface area contributed by atoms with Crippen molar-refractivity contribution in [1.82, 2.24) is 10.0 Å². The highest BCUT2D eigenvalue weighted by Gasteiger charge is 2.17. The topological polar surface area (TPSA) is 83.1 Å². The lowest BCUT2D eigenvalue weighted by molar-refractivity contribution is 0.237. The van der Waals surface area contributed by atoms with E-state index in [1.807, 2.05) is 96.1 Å². The normalized spacial score (nSPS) is 10.5. The van der Waals surface area contributed by atoms with Crippen molar-refractivity contribution >= 4 is 23.9 Å². The van der Waals surface area contributed by atoms with Gasteiger partial charge in [0, 0.05) is 5.54 Å². The molecule has 35 heavy (non-hydrogen) atoms. The third kappa shape index (κ3) is 8.73. The zero-order valence-electron chi connectivity index (χ0n) is 21.4. The third-order valence-corrected chi connectivity index (χ3v) is 5.17. The molecule has 3 aromatic carbocycles. The Morgan fingerprint density at radius 2 is 1.63 bits per heavy atom. The second kappa shape index (κ2) is 12.9. The SMILES string of the molecule is CC.COc1ccc(-c2cccc(Oc3ccc(C)cc3N(O)SNC(=O)NC(C)(C)C)c2)cc1. The molecule has 0 saturated carbocycles. The van der Waals surface area contributed by atoms with Gasteiger partial charge in [-0.05, 0) is 80.8 Å². The van der Waals surface area contributed by atoms with Crippen LogP contribution in [-0.4, -0.2) is 23.9 Å². The highest BCUT2D eigenvalue weighted by Crippen LogP contribution is 2.36. The molecule has 0 spiro atoms. The highest BCUT2D eigenvalue weighted by atomic mass is 32.2. The molecule has 0 atom stereocenters. The smallest absolute Gasteiger partial charge is 0.326 e. The van der Waals surface area contributed by atoms with Crippen LogP contribution in [0.15, 0.2) is 66.7 Å². The first-order valence-electron chi connectivity index (χ1n) is 11.4. The quantitative estimate of drug-likeness (QED) is 0.234. The van der Waals surface area contributed by atoms with Crippen molar-refractivity contribution in [3.05, 3.63) is 72.3 Å². The Bertz CT molecular complexity index is 1100. The van der Waals surface area contributed by atoms with E-state index in [-0.39, 0.29) is 0 Å². The van der Waals surface area contributed by atoms with E-state index < -0.39 is 11.6 Å². The van der Waals surface area contributed by atoms with Crippen LogP contribution in [0.3, 0.4) is 0 Å². The summed E-state index contributed by atoms with van der Waals surface area (Å²) in [6.45, 7) is 11.5. The zero-order valence-corrected chi connectivity index (χ0v) is 22.2. The predicted octanol–water partition coefficient (Wildman–Crippen LogP) is 7.35. The minimum Gasteiger partial charge on any atom is -0.497 e. The number of urea groups is 1. The summed E-state index contributed by atoms with van der Waals surface area (Å²) in [4.78, 5) is 12.0. The first kappa shape index (κ1) is 27.9. The van der Waals surface area contributed by atoms with Crippen LogP contribution in [0, 0.1) is 6.92 Å². The van der Waals surface area contributed by atoms with Gasteiger partial charge in [-0.15, -0.1) is 0 Å². The van der Waals surface area contributed by atoms with Gasteiger partial charge in [-0.1, -0.05) is 44.2 Å². The van der Waals surface area contributed by atoms with E-state index in [1.54, 1.807) is 19.2 Å². The first-order valence-corrected chi connectivity index (χ1v) is 12.2. The van der Waals surface area contributed by atoms with E-state index in [0.717, 1.165) is 39.0 Å². The number of methoxy groups -OCH3 is 1. The van der Waals surface area contributed by atoms with Gasteiger partial charge in [-0.25, -0.2) is 4.79 Å². The monoisotopic (exact) mass is 497 g/mol. The predicted molar refractivity (Wildman–Crippen MR) is 144 cm³/mol. The second-order valence-corrected chi connectivity index (χ2v) is 9.23. The third-order valence-electron chi connectivity index (χ3n) is 4.52. The molecule has 0 unspecified atom stereocenters. The second-order valence-electron chi connectivity index (χ2n) is 8.50. The first-order chi connectivity index (χ1) is 16.6. The van der Waals surface area contributed by atoms with E-state index in [1.165, 1.54) is 0 Å². The Morgan fingerprint density at radius 1 is 0.943 bits per heavy atom. The molecule has 0 fully saturated rings. The van der Waals surface area contributed by atoms with Crippen LogP contribution < -0.4 is 24.0 Å². The number of nitrogens with one attached hydrogen (secondary N) is 2. The van der Waals surface area contributed by atoms with Gasteiger partial charge in [0.15, 0.2) is 5.75 Å². The Labute approximate surface area is 212 Å². The van der Waals surface area contributed by atoms with Gasteiger partial charge in [0.25, 0.3) is 0 Å². The van der Waals surface area contributed by atoms with E-state index in [4.69, 9.17) is 9.47 Å². The lowest BCUT2D eigenvalue weighted by atomic mass is 10.1. The highest BCUT2D eigenvalue weighted by molar-refractivity contribution is 7.99. The minimum atomic E-state index is -0.408. The average Bonchev–Trinajstić information content (AvgIpc) is 2.84. The fourth-order valence-electron chi connectivity index (χ4n) is 3.01. The summed E-state index contributed by atoms with van der Waals surface area (Å²) in [5.41, 5.74) is 2.96. The number of benzene rings is 3. The van der Waals surface area contributed by atoms with Crippen molar-refractivity contribution in [3.8, 4) is 28.4 Å². The average molecular weight is 498 g/mol. The molecule has 8 heteroatoms. The van der Waals surface area contributed by atoms with Crippen molar-refractivity contribution in [1.29, 1.82) is 0 Å². The molecular weight excluding hydrogens is 462 g/mol. The Morgan fingerprint density at radius 3 is 2.26 bits per heavy atom. The molecule has 3 aromatic rings. The van der Waals surface area contributed by atoms with Gasteiger partial charge in [0.05, 0.1) is 19.2 Å². The Hall–Kier alpha value is -3.36. The minimum absolute atomic E-state index is 0.391. The van der Waals surface area contributed by atoms with Gasteiger partial charge in [-0.2, -0.15) is 4.47 Å². The summed E-state index contributed by atoms with van der Waals surface area (Å²) in [6, 6.07) is 20.5. The lowest BCUT2D eigenvalue weighted by Crippen LogP contribution is -2.45. The fourth-order valence-corrected chi connectivity index (χ4v) is 3.47. The van der Waals surface area contributed by atoms with Crippen LogP contribution in [0.2, 0.25) is 0 Å². The van der Waals surface area contributed by atoms with Crippen molar-refractivity contribution in [2.75, 3.05) is 11.6 Å². The van der Waals surface area contributed by atoms with Crippen LogP contribution in [-0.2, 0) is 0 Å². The molecule has 188 valence electrons. The van der Waals surface area contributed by atoms with E-state index in [2.05, 4.69) is 10.0 Å². The maximum Gasteiger partial charge on any atom is 0.326 e. The van der Waals surface area contributed by atoms with E-state index >= 15 is 0 Å². The molecule has 0 radical (unpaired) electrons. The lowest BCUT2D eigenvalue weighted by Gasteiger charge is -2.23. The maximum atomic E-state index is 12.0. The Balaban J connectivity index is 0.00000210. The number of rotatable bonds is 7. The van der Waals surface area contributed by atoms with Crippen LogP contribution >= 0.6 is 12.1 Å². The molecular formula is C27H35N3O4S. The molecule has 0 saturated heterocycles. The van der Waals surface area contributed by atoms with Gasteiger partial charge >= 0.3 is 6.03 Å². The van der Waals surface area contributed by atoms with Crippen LogP contribution in [0.1, 0.15) is 40.2 Å². The summed E-state index contributed by atoms with van der Waals surface area (Å²) in [6.07, 6.45) is 0. The summed E-state index contributed by atoms with van der Waals surface area (Å²) in [5, 5.41) is 13.4. The number of anilines is 1. The molecule has 0 bridgehead atoms.